The topological polar surface area (TPSA) is 74.6 Å². The molecule has 1 amide bonds. The maximum atomic E-state index is 14.0. The number of nitrogens with one attached hydrogen (secondary N) is 1. The van der Waals surface area contributed by atoms with Crippen molar-refractivity contribution in [3.8, 4) is 17.6 Å². The summed E-state index contributed by atoms with van der Waals surface area (Å²) in [6.45, 7) is 1.14. The number of nitriles is 1. The Morgan fingerprint density at radius 2 is 1.83 bits per heavy atom. The number of carbonyl (C=O) groups is 1. The third kappa shape index (κ3) is 5.64. The van der Waals surface area contributed by atoms with Crippen LogP contribution in [0.2, 0.25) is 5.02 Å². The SMILES string of the molecule is COc1ccc(Cl)cc1C(=O)Nc1cc(C#N)ccc1N1CCC(Oc2ccc(F)cc2F)CC1. The Morgan fingerprint density at radius 1 is 1.09 bits per heavy atom. The summed E-state index contributed by atoms with van der Waals surface area (Å²) in [7, 11) is 1.46. The van der Waals surface area contributed by atoms with E-state index in [-0.39, 0.29) is 17.4 Å². The van der Waals surface area contributed by atoms with Crippen molar-refractivity contribution in [1.82, 2.24) is 0 Å². The molecule has 1 aliphatic heterocycles. The van der Waals surface area contributed by atoms with Gasteiger partial charge in [0.2, 0.25) is 0 Å². The Kier molecular flexibility index (Phi) is 7.37. The fraction of sp³-hybridized carbons (Fsp3) is 0.231. The van der Waals surface area contributed by atoms with E-state index in [1.807, 2.05) is 0 Å². The first-order valence-corrected chi connectivity index (χ1v) is 11.3. The van der Waals surface area contributed by atoms with E-state index >= 15 is 0 Å². The molecule has 1 N–H and O–H groups in total. The van der Waals surface area contributed by atoms with Gasteiger partial charge in [0.15, 0.2) is 11.6 Å². The molecule has 1 aliphatic rings. The van der Waals surface area contributed by atoms with Crippen LogP contribution in [-0.2, 0) is 0 Å². The van der Waals surface area contributed by atoms with E-state index in [0.717, 1.165) is 17.8 Å². The van der Waals surface area contributed by atoms with E-state index in [0.29, 0.717) is 48.0 Å². The summed E-state index contributed by atoms with van der Waals surface area (Å²) in [6, 6.07) is 15.2. The van der Waals surface area contributed by atoms with Crippen molar-refractivity contribution in [3.63, 3.8) is 0 Å². The van der Waals surface area contributed by atoms with Gasteiger partial charge in [0.25, 0.3) is 5.91 Å². The van der Waals surface area contributed by atoms with E-state index in [4.69, 9.17) is 21.1 Å². The van der Waals surface area contributed by atoms with Crippen LogP contribution in [0.3, 0.4) is 0 Å². The average Bonchev–Trinajstić information content (AvgIpc) is 2.86. The molecule has 180 valence electrons. The smallest absolute Gasteiger partial charge is 0.259 e. The monoisotopic (exact) mass is 497 g/mol. The molecule has 0 aliphatic carbocycles. The highest BCUT2D eigenvalue weighted by molar-refractivity contribution is 6.31. The van der Waals surface area contributed by atoms with Crippen molar-refractivity contribution in [3.05, 3.63) is 82.4 Å². The van der Waals surface area contributed by atoms with Crippen LogP contribution in [0.4, 0.5) is 20.2 Å². The second-order valence-corrected chi connectivity index (χ2v) is 8.46. The molecule has 0 bridgehead atoms. The molecule has 6 nitrogen and oxygen atoms in total. The van der Waals surface area contributed by atoms with Gasteiger partial charge in [-0.15, -0.1) is 0 Å². The number of nitrogens with zero attached hydrogens (tertiary/aromatic N) is 2. The van der Waals surface area contributed by atoms with Gasteiger partial charge in [-0.3, -0.25) is 4.79 Å². The maximum absolute atomic E-state index is 14.0. The summed E-state index contributed by atoms with van der Waals surface area (Å²) < 4.78 is 38.1. The quantitative estimate of drug-likeness (QED) is 0.466. The van der Waals surface area contributed by atoms with Gasteiger partial charge >= 0.3 is 0 Å². The molecule has 0 saturated carbocycles. The highest BCUT2D eigenvalue weighted by Crippen LogP contribution is 2.32. The zero-order chi connectivity index (χ0) is 24.9. The predicted octanol–water partition coefficient (Wildman–Crippen LogP) is 5.80. The molecular weight excluding hydrogens is 476 g/mol. The lowest BCUT2D eigenvalue weighted by Gasteiger charge is -2.35. The maximum Gasteiger partial charge on any atom is 0.259 e. The van der Waals surface area contributed by atoms with Crippen molar-refractivity contribution in [2.24, 2.45) is 0 Å². The second kappa shape index (κ2) is 10.6. The van der Waals surface area contributed by atoms with Gasteiger partial charge in [-0.1, -0.05) is 11.6 Å². The fourth-order valence-corrected chi connectivity index (χ4v) is 4.17. The Labute approximate surface area is 206 Å². The summed E-state index contributed by atoms with van der Waals surface area (Å²) in [5, 5.41) is 12.6. The van der Waals surface area contributed by atoms with Crippen LogP contribution in [0, 0.1) is 23.0 Å². The van der Waals surface area contributed by atoms with Gasteiger partial charge in [0.1, 0.15) is 17.7 Å². The number of ether oxygens (including phenoxy) is 2. The molecule has 0 atom stereocenters. The highest BCUT2D eigenvalue weighted by atomic mass is 35.5. The number of benzene rings is 3. The van der Waals surface area contributed by atoms with Crippen molar-refractivity contribution in [1.29, 1.82) is 5.26 Å². The number of halogens is 3. The molecule has 0 radical (unpaired) electrons. The molecule has 4 rings (SSSR count). The van der Waals surface area contributed by atoms with E-state index < -0.39 is 17.5 Å². The molecule has 0 aromatic heterocycles. The molecule has 35 heavy (non-hydrogen) atoms. The highest BCUT2D eigenvalue weighted by Gasteiger charge is 2.24. The first-order chi connectivity index (χ1) is 16.9. The number of anilines is 2. The third-order valence-corrected chi connectivity index (χ3v) is 5.99. The lowest BCUT2D eigenvalue weighted by atomic mass is 10.0. The van der Waals surface area contributed by atoms with Crippen LogP contribution < -0.4 is 19.7 Å². The Hall–Kier alpha value is -3.83. The minimum Gasteiger partial charge on any atom is -0.496 e. The number of piperidine rings is 1. The normalized spacial score (nSPS) is 13.7. The van der Waals surface area contributed by atoms with Gasteiger partial charge in [0.05, 0.1) is 35.7 Å². The van der Waals surface area contributed by atoms with Crippen molar-refractivity contribution in [2.75, 3.05) is 30.4 Å². The molecule has 3 aromatic carbocycles. The van der Waals surface area contributed by atoms with Crippen molar-refractivity contribution >= 4 is 28.9 Å². The van der Waals surface area contributed by atoms with E-state index in [1.54, 1.807) is 30.3 Å². The summed E-state index contributed by atoms with van der Waals surface area (Å²) in [6.07, 6.45) is 0.942. The fourth-order valence-electron chi connectivity index (χ4n) is 3.99. The molecule has 1 fully saturated rings. The van der Waals surface area contributed by atoms with Gasteiger partial charge in [-0.25, -0.2) is 8.78 Å². The third-order valence-electron chi connectivity index (χ3n) is 5.75. The van der Waals surface area contributed by atoms with Gasteiger partial charge in [0, 0.05) is 37.0 Å². The average molecular weight is 498 g/mol. The molecule has 3 aromatic rings. The molecule has 0 spiro atoms. The minimum absolute atomic E-state index is 0.0200. The first-order valence-electron chi connectivity index (χ1n) is 10.9. The molecule has 1 heterocycles. The van der Waals surface area contributed by atoms with Crippen LogP contribution in [0.25, 0.3) is 0 Å². The number of rotatable bonds is 6. The minimum atomic E-state index is -0.735. The van der Waals surface area contributed by atoms with Crippen LogP contribution in [0.5, 0.6) is 11.5 Å². The lowest BCUT2D eigenvalue weighted by Crippen LogP contribution is -2.38. The van der Waals surface area contributed by atoms with E-state index in [2.05, 4.69) is 16.3 Å². The number of amides is 1. The number of hydrogen-bond donors (Lipinski definition) is 1. The number of carbonyl (C=O) groups excluding carboxylic acids is 1. The van der Waals surface area contributed by atoms with Crippen LogP contribution in [0.1, 0.15) is 28.8 Å². The zero-order valence-electron chi connectivity index (χ0n) is 18.9. The molecule has 0 unspecified atom stereocenters. The molecule has 9 heteroatoms. The van der Waals surface area contributed by atoms with Gasteiger partial charge in [-0.05, 0) is 48.5 Å². The summed E-state index contributed by atoms with van der Waals surface area (Å²) in [5.74, 6) is -1.43. The molecular formula is C26H22ClF2N3O3. The zero-order valence-corrected chi connectivity index (χ0v) is 19.6. The summed E-state index contributed by atoms with van der Waals surface area (Å²) in [5.41, 5.74) is 1.87. The predicted molar refractivity (Wildman–Crippen MR) is 129 cm³/mol. The van der Waals surface area contributed by atoms with E-state index in [1.165, 1.54) is 19.2 Å². The van der Waals surface area contributed by atoms with Crippen molar-refractivity contribution in [2.45, 2.75) is 18.9 Å². The van der Waals surface area contributed by atoms with Crippen molar-refractivity contribution < 1.29 is 23.0 Å². The summed E-state index contributed by atoms with van der Waals surface area (Å²) in [4.78, 5) is 15.1. The second-order valence-electron chi connectivity index (χ2n) is 8.02. The number of hydrogen-bond acceptors (Lipinski definition) is 5. The number of methoxy groups -OCH3 is 1. The van der Waals surface area contributed by atoms with Crippen LogP contribution in [-0.4, -0.2) is 32.2 Å². The Balaban J connectivity index is 1.50. The van der Waals surface area contributed by atoms with Crippen LogP contribution >= 0.6 is 11.6 Å². The van der Waals surface area contributed by atoms with Crippen LogP contribution in [0.15, 0.2) is 54.6 Å². The largest absolute Gasteiger partial charge is 0.496 e. The van der Waals surface area contributed by atoms with Gasteiger partial charge in [-0.2, -0.15) is 5.26 Å². The first kappa shape index (κ1) is 24.3. The van der Waals surface area contributed by atoms with Gasteiger partial charge < -0.3 is 19.7 Å². The molecule has 1 saturated heterocycles. The Morgan fingerprint density at radius 3 is 2.51 bits per heavy atom. The summed E-state index contributed by atoms with van der Waals surface area (Å²) >= 11 is 6.07. The standard InChI is InChI=1S/C26H22ClF2N3O3/c1-34-24-6-3-17(27)13-20(24)26(33)31-22-12-16(15-30)2-5-23(22)32-10-8-19(9-11-32)35-25-7-4-18(28)14-21(25)29/h2-7,12-14,19H,8-11H2,1H3,(H,31,33). The Bertz CT molecular complexity index is 1290. The van der Waals surface area contributed by atoms with E-state index in [9.17, 15) is 18.8 Å². The lowest BCUT2D eigenvalue weighted by molar-refractivity contribution is 0.102.